The van der Waals surface area contributed by atoms with Crippen molar-refractivity contribution in [2.45, 2.75) is 97.4 Å². The topological polar surface area (TPSA) is 88.5 Å². The van der Waals surface area contributed by atoms with Crippen molar-refractivity contribution in [2.24, 2.45) is 18.4 Å². The number of halogens is 2. The lowest BCUT2D eigenvalue weighted by molar-refractivity contribution is -0.128. The lowest BCUT2D eigenvalue weighted by Gasteiger charge is -2.35. The van der Waals surface area contributed by atoms with Crippen molar-refractivity contribution < 1.29 is 14.3 Å². The van der Waals surface area contributed by atoms with Gasteiger partial charge in [0, 0.05) is 49.6 Å². The smallest absolute Gasteiger partial charge is 0.253 e. The number of fused-ring (bicyclic) bond motifs is 3. The highest BCUT2D eigenvalue weighted by Crippen LogP contribution is 2.36. The van der Waals surface area contributed by atoms with E-state index in [-0.39, 0.29) is 30.1 Å². The minimum absolute atomic E-state index is 0.0337. The van der Waals surface area contributed by atoms with Crippen LogP contribution in [-0.4, -0.2) is 52.7 Å². The van der Waals surface area contributed by atoms with E-state index in [4.69, 9.17) is 32.9 Å². The summed E-state index contributed by atoms with van der Waals surface area (Å²) in [5, 5.41) is 7.40. The molecule has 2 unspecified atom stereocenters. The molecular weight excluding hydrogens is 609 g/mol. The molecule has 2 bridgehead atoms. The second-order valence-electron chi connectivity index (χ2n) is 14.3. The fourth-order valence-corrected chi connectivity index (χ4v) is 7.47. The van der Waals surface area contributed by atoms with Gasteiger partial charge in [-0.3, -0.25) is 9.59 Å². The van der Waals surface area contributed by atoms with Crippen LogP contribution in [0.25, 0.3) is 11.0 Å². The van der Waals surface area contributed by atoms with Crippen LogP contribution in [0.2, 0.25) is 10.0 Å². The molecule has 2 amide bonds. The monoisotopic (exact) mass is 653 g/mol. The molecule has 3 aromatic rings. The Morgan fingerprint density at radius 3 is 2.38 bits per heavy atom. The van der Waals surface area contributed by atoms with Crippen molar-refractivity contribution >= 4 is 51.7 Å². The lowest BCUT2D eigenvalue weighted by Crippen LogP contribution is -2.44. The average Bonchev–Trinajstić information content (AvgIpc) is 3.50. The predicted molar refractivity (Wildman–Crippen MR) is 180 cm³/mol. The molecule has 2 aromatic carbocycles. The largest absolute Gasteiger partial charge is 0.371 e. The number of benzene rings is 2. The van der Waals surface area contributed by atoms with Gasteiger partial charge in [0.15, 0.2) is 0 Å². The maximum Gasteiger partial charge on any atom is 0.253 e. The number of anilines is 1. The first kappa shape index (κ1) is 32.1. The van der Waals surface area contributed by atoms with Gasteiger partial charge in [-0.2, -0.15) is 0 Å². The van der Waals surface area contributed by atoms with Gasteiger partial charge < -0.3 is 24.8 Å². The zero-order valence-electron chi connectivity index (χ0n) is 27.0. The van der Waals surface area contributed by atoms with Gasteiger partial charge in [0.05, 0.1) is 39.5 Å². The quantitative estimate of drug-likeness (QED) is 0.292. The number of aromatic nitrogens is 2. The molecule has 2 N–H and O–H groups in total. The van der Waals surface area contributed by atoms with Crippen molar-refractivity contribution in [3.63, 3.8) is 0 Å². The van der Waals surface area contributed by atoms with E-state index in [2.05, 4.69) is 33.1 Å². The Hall–Kier alpha value is -2.81. The standard InChI is InChI=1S/C35H45Cl2N5O3/c1-20-6-9-22(10-7-20)39-33(43)26-14-28-30(16-29(26)42-18-23-11-12-24(19-42)45-23)41(5)31(40-28)15-25-27(36)13-8-21(32(25)37)17-38-34(44)35(2,3)4/h8,13-14,16,20,22-24H,6-7,9-12,15,17-19H2,1-5H3,(H,38,44)(H,39,43). The Bertz CT molecular complexity index is 1590. The average molecular weight is 655 g/mol. The highest BCUT2D eigenvalue weighted by molar-refractivity contribution is 6.36. The molecule has 1 saturated carbocycles. The third kappa shape index (κ3) is 6.84. The van der Waals surface area contributed by atoms with E-state index >= 15 is 0 Å². The number of carbonyl (C=O) groups is 2. The Labute approximate surface area is 276 Å². The fourth-order valence-electron chi connectivity index (χ4n) is 6.90. The van der Waals surface area contributed by atoms with E-state index < -0.39 is 5.41 Å². The molecule has 2 atom stereocenters. The van der Waals surface area contributed by atoms with Crippen LogP contribution in [0.3, 0.4) is 0 Å². The molecule has 2 saturated heterocycles. The summed E-state index contributed by atoms with van der Waals surface area (Å²) in [4.78, 5) is 33.7. The number of rotatable bonds is 7. The van der Waals surface area contributed by atoms with Crippen LogP contribution in [0.15, 0.2) is 24.3 Å². The van der Waals surface area contributed by atoms with E-state index in [1.54, 1.807) is 0 Å². The van der Waals surface area contributed by atoms with Crippen LogP contribution < -0.4 is 15.5 Å². The SMILES string of the molecule is CC1CCC(NC(=O)c2cc3nc(Cc4c(Cl)ccc(CNC(=O)C(C)(C)C)c4Cl)n(C)c3cc2N2CC3CCC(C2)O3)CC1. The highest BCUT2D eigenvalue weighted by Gasteiger charge is 2.36. The molecule has 2 aliphatic heterocycles. The van der Waals surface area contributed by atoms with Crippen LogP contribution in [0.5, 0.6) is 0 Å². The fraction of sp³-hybridized carbons (Fsp3) is 0.571. The Morgan fingerprint density at radius 2 is 1.71 bits per heavy atom. The number of carbonyl (C=O) groups excluding carboxylic acids is 2. The van der Waals surface area contributed by atoms with Crippen molar-refractivity contribution in [1.29, 1.82) is 0 Å². The van der Waals surface area contributed by atoms with E-state index in [9.17, 15) is 9.59 Å². The summed E-state index contributed by atoms with van der Waals surface area (Å²) in [6.45, 7) is 9.78. The number of hydrogen-bond acceptors (Lipinski definition) is 5. The molecule has 0 spiro atoms. The van der Waals surface area contributed by atoms with Crippen molar-refractivity contribution in [2.75, 3.05) is 18.0 Å². The molecule has 242 valence electrons. The first-order valence-corrected chi connectivity index (χ1v) is 17.1. The van der Waals surface area contributed by atoms with E-state index in [0.29, 0.717) is 34.5 Å². The van der Waals surface area contributed by atoms with Gasteiger partial charge in [-0.05, 0) is 73.8 Å². The van der Waals surface area contributed by atoms with Crippen molar-refractivity contribution in [3.05, 3.63) is 56.8 Å². The van der Waals surface area contributed by atoms with Crippen LogP contribution >= 0.6 is 23.2 Å². The molecule has 3 heterocycles. The molecule has 8 nitrogen and oxygen atoms in total. The first-order chi connectivity index (χ1) is 21.4. The molecule has 1 aliphatic carbocycles. The van der Waals surface area contributed by atoms with Gasteiger partial charge in [0.2, 0.25) is 5.91 Å². The van der Waals surface area contributed by atoms with Crippen LogP contribution in [-0.2, 0) is 29.5 Å². The number of amides is 2. The molecule has 45 heavy (non-hydrogen) atoms. The minimum Gasteiger partial charge on any atom is -0.371 e. The lowest BCUT2D eigenvalue weighted by atomic mass is 9.87. The van der Waals surface area contributed by atoms with Crippen LogP contribution in [0, 0.1) is 11.3 Å². The molecule has 3 aliphatic rings. The third-order valence-electron chi connectivity index (χ3n) is 9.79. The predicted octanol–water partition coefficient (Wildman–Crippen LogP) is 6.81. The van der Waals surface area contributed by atoms with Gasteiger partial charge in [-0.25, -0.2) is 4.98 Å². The second-order valence-corrected chi connectivity index (χ2v) is 15.1. The van der Waals surface area contributed by atoms with E-state index in [1.807, 2.05) is 46.0 Å². The summed E-state index contributed by atoms with van der Waals surface area (Å²) in [6, 6.07) is 7.95. The number of hydrogen-bond donors (Lipinski definition) is 2. The van der Waals surface area contributed by atoms with Gasteiger partial charge >= 0.3 is 0 Å². The van der Waals surface area contributed by atoms with Gasteiger partial charge in [0.1, 0.15) is 5.82 Å². The summed E-state index contributed by atoms with van der Waals surface area (Å²) in [5.41, 5.74) is 4.37. The summed E-state index contributed by atoms with van der Waals surface area (Å²) < 4.78 is 8.20. The molecule has 6 rings (SSSR count). The first-order valence-electron chi connectivity index (χ1n) is 16.3. The minimum atomic E-state index is -0.501. The van der Waals surface area contributed by atoms with Crippen LogP contribution in [0.1, 0.15) is 93.5 Å². The Morgan fingerprint density at radius 1 is 1.02 bits per heavy atom. The third-order valence-corrected chi connectivity index (χ3v) is 10.6. The maximum atomic E-state index is 13.9. The number of nitrogens with one attached hydrogen (secondary N) is 2. The molecular formula is C35H45Cl2N5O3. The zero-order chi connectivity index (χ0) is 32.0. The second kappa shape index (κ2) is 12.8. The number of imidazole rings is 1. The summed E-state index contributed by atoms with van der Waals surface area (Å²) >= 11 is 13.6. The maximum absolute atomic E-state index is 13.9. The van der Waals surface area contributed by atoms with Crippen molar-refractivity contribution in [1.82, 2.24) is 20.2 Å². The van der Waals surface area contributed by atoms with Crippen LogP contribution in [0.4, 0.5) is 5.69 Å². The Balaban J connectivity index is 1.32. The van der Waals surface area contributed by atoms with Gasteiger partial charge in [-0.1, -0.05) is 57.0 Å². The molecule has 0 radical (unpaired) electrons. The summed E-state index contributed by atoms with van der Waals surface area (Å²) in [7, 11) is 2.00. The van der Waals surface area contributed by atoms with Gasteiger partial charge in [-0.15, -0.1) is 0 Å². The number of aryl methyl sites for hydroxylation is 1. The number of nitrogens with zero attached hydrogens (tertiary/aromatic N) is 3. The van der Waals surface area contributed by atoms with Crippen molar-refractivity contribution in [3.8, 4) is 0 Å². The molecule has 10 heteroatoms. The Kier molecular flexibility index (Phi) is 9.12. The van der Waals surface area contributed by atoms with Gasteiger partial charge in [0.25, 0.3) is 5.91 Å². The summed E-state index contributed by atoms with van der Waals surface area (Å²) in [6.07, 6.45) is 7.22. The molecule has 1 aromatic heterocycles. The number of morpholine rings is 1. The number of ether oxygens (including phenoxy) is 1. The van der Waals surface area contributed by atoms with E-state index in [0.717, 1.165) is 85.3 Å². The summed E-state index contributed by atoms with van der Waals surface area (Å²) in [5.74, 6) is 1.42. The highest BCUT2D eigenvalue weighted by atomic mass is 35.5. The normalized spacial score (nSPS) is 23.4. The zero-order valence-corrected chi connectivity index (χ0v) is 28.5. The van der Waals surface area contributed by atoms with E-state index in [1.165, 1.54) is 0 Å². The molecule has 3 fully saturated rings.